The maximum Gasteiger partial charge on any atom is 0.441 e. The first-order valence-electron chi connectivity index (χ1n) is 3.32. The van der Waals surface area contributed by atoms with E-state index in [9.17, 15) is 13.2 Å². The van der Waals surface area contributed by atoms with Gasteiger partial charge in [-0.25, -0.2) is 0 Å². The molecule has 0 heterocycles. The maximum absolute atomic E-state index is 11.6. The molecule has 0 spiro atoms. The van der Waals surface area contributed by atoms with Crippen molar-refractivity contribution in [1.29, 1.82) is 0 Å². The Morgan fingerprint density at radius 1 is 1.46 bits per heavy atom. The number of halogens is 5. The largest absolute Gasteiger partial charge is 0.441 e. The number of hydrogen-bond acceptors (Lipinski definition) is 2. The van der Waals surface area contributed by atoms with Gasteiger partial charge in [0.25, 0.3) is 0 Å². The van der Waals surface area contributed by atoms with Crippen LogP contribution >= 0.6 is 35.0 Å². The topological polar surface area (TPSA) is 12.0 Å². The molecule has 1 N–H and O–H groups in total. The monoisotopic (exact) mass is 253 g/mol. The lowest BCUT2D eigenvalue weighted by Crippen LogP contribution is -2.20. The first kappa shape index (κ1) is 13.4. The van der Waals surface area contributed by atoms with Crippen molar-refractivity contribution in [1.82, 2.24) is 5.32 Å². The first-order valence-corrected chi connectivity index (χ1v) is 5.12. The molecule has 0 atom stereocenters. The number of thioether (sulfide) groups is 1. The predicted octanol–water partition coefficient (Wildman–Crippen LogP) is 3.15. The van der Waals surface area contributed by atoms with Gasteiger partial charge in [-0.1, -0.05) is 23.2 Å². The predicted molar refractivity (Wildman–Crippen MR) is 51.2 cm³/mol. The van der Waals surface area contributed by atoms with E-state index in [4.69, 9.17) is 23.2 Å². The van der Waals surface area contributed by atoms with Gasteiger partial charge in [-0.05, 0) is 11.8 Å². The summed E-state index contributed by atoms with van der Waals surface area (Å²) in [6.45, 7) is 0.536. The van der Waals surface area contributed by atoms with E-state index in [1.165, 1.54) is 5.54 Å². The van der Waals surface area contributed by atoms with Gasteiger partial charge in [0.05, 0.1) is 0 Å². The molecule has 78 valence electrons. The van der Waals surface area contributed by atoms with Gasteiger partial charge in [-0.3, -0.25) is 0 Å². The summed E-state index contributed by atoms with van der Waals surface area (Å²) in [5.74, 6) is -0.0318. The fourth-order valence-electron chi connectivity index (χ4n) is 0.485. The standard InChI is InChI=1S/C6H8Cl2F3NS/c7-3-5(8)4-12-1-2-13-6(9,10)11/h3,12H,1-2,4H2. The minimum Gasteiger partial charge on any atom is -0.311 e. The fraction of sp³-hybridized carbons (Fsp3) is 0.667. The molecule has 0 rings (SSSR count). The van der Waals surface area contributed by atoms with Gasteiger partial charge in [0.15, 0.2) is 0 Å². The van der Waals surface area contributed by atoms with Gasteiger partial charge in [0.2, 0.25) is 0 Å². The molecule has 0 aliphatic carbocycles. The molecule has 0 radical (unpaired) electrons. The van der Waals surface area contributed by atoms with Crippen LogP contribution in [0.5, 0.6) is 0 Å². The Hall–Kier alpha value is 0.420. The highest BCUT2D eigenvalue weighted by molar-refractivity contribution is 8.00. The SMILES string of the molecule is FC(F)(F)SCCNCC(Cl)=CCl. The van der Waals surface area contributed by atoms with Crippen LogP contribution in [0.25, 0.3) is 0 Å². The van der Waals surface area contributed by atoms with Crippen molar-refractivity contribution in [3.63, 3.8) is 0 Å². The van der Waals surface area contributed by atoms with E-state index in [0.29, 0.717) is 11.6 Å². The minimum atomic E-state index is -4.16. The molecule has 0 aliphatic heterocycles. The first-order chi connectivity index (χ1) is 5.95. The summed E-state index contributed by atoms with van der Waals surface area (Å²) in [5, 5.41) is 3.08. The molecule has 0 fully saturated rings. The van der Waals surface area contributed by atoms with E-state index in [1.54, 1.807) is 0 Å². The highest BCUT2D eigenvalue weighted by Crippen LogP contribution is 2.29. The molecule has 1 nitrogen and oxygen atoms in total. The van der Waals surface area contributed by atoms with E-state index in [-0.39, 0.29) is 24.1 Å². The van der Waals surface area contributed by atoms with Gasteiger partial charge in [-0.15, -0.1) is 0 Å². The molecule has 0 aromatic carbocycles. The molecule has 0 saturated carbocycles. The van der Waals surface area contributed by atoms with Crippen LogP contribution in [-0.4, -0.2) is 24.4 Å². The number of hydrogen-bond donors (Lipinski definition) is 1. The fourth-order valence-corrected chi connectivity index (χ4v) is 1.13. The number of alkyl halides is 3. The zero-order valence-electron chi connectivity index (χ0n) is 6.50. The van der Waals surface area contributed by atoms with Crippen LogP contribution in [0.3, 0.4) is 0 Å². The van der Waals surface area contributed by atoms with Crippen LogP contribution in [0.2, 0.25) is 0 Å². The Bertz CT molecular complexity index is 172. The molecular formula is C6H8Cl2F3NS. The smallest absolute Gasteiger partial charge is 0.311 e. The lowest BCUT2D eigenvalue weighted by molar-refractivity contribution is -0.0327. The van der Waals surface area contributed by atoms with Gasteiger partial charge < -0.3 is 5.32 Å². The van der Waals surface area contributed by atoms with Crippen molar-refractivity contribution in [2.75, 3.05) is 18.8 Å². The number of rotatable bonds is 5. The molecule has 0 saturated heterocycles. The maximum atomic E-state index is 11.6. The van der Waals surface area contributed by atoms with Crippen molar-refractivity contribution in [3.05, 3.63) is 10.6 Å². The van der Waals surface area contributed by atoms with Crippen molar-refractivity contribution in [3.8, 4) is 0 Å². The van der Waals surface area contributed by atoms with Gasteiger partial charge >= 0.3 is 5.51 Å². The van der Waals surface area contributed by atoms with Crippen LogP contribution < -0.4 is 5.32 Å². The van der Waals surface area contributed by atoms with Crippen molar-refractivity contribution in [2.45, 2.75) is 5.51 Å². The second-order valence-electron chi connectivity index (χ2n) is 2.03. The zero-order valence-corrected chi connectivity index (χ0v) is 8.83. The third-order valence-electron chi connectivity index (χ3n) is 0.957. The molecule has 7 heteroatoms. The third kappa shape index (κ3) is 10.3. The molecular weight excluding hydrogens is 246 g/mol. The van der Waals surface area contributed by atoms with Crippen molar-refractivity contribution >= 4 is 35.0 Å². The van der Waals surface area contributed by atoms with Gasteiger partial charge in [-0.2, -0.15) is 13.2 Å². The van der Waals surface area contributed by atoms with Crippen LogP contribution in [0.1, 0.15) is 0 Å². The molecule has 13 heavy (non-hydrogen) atoms. The second-order valence-corrected chi connectivity index (χ2v) is 3.89. The average molecular weight is 254 g/mol. The normalized spacial score (nSPS) is 13.5. The van der Waals surface area contributed by atoms with Crippen LogP contribution in [0, 0.1) is 0 Å². The average Bonchev–Trinajstić information content (AvgIpc) is 2.01. The van der Waals surface area contributed by atoms with Gasteiger partial charge in [0, 0.05) is 29.4 Å². The van der Waals surface area contributed by atoms with Gasteiger partial charge in [0.1, 0.15) is 0 Å². The van der Waals surface area contributed by atoms with E-state index < -0.39 is 5.51 Å². The van der Waals surface area contributed by atoms with Crippen LogP contribution in [-0.2, 0) is 0 Å². The Balaban J connectivity index is 3.28. The summed E-state index contributed by atoms with van der Waals surface area (Å²) in [4.78, 5) is 0. The zero-order chi connectivity index (χ0) is 10.3. The summed E-state index contributed by atoms with van der Waals surface area (Å²) in [6.07, 6.45) is 0. The second kappa shape index (κ2) is 6.81. The Kier molecular flexibility index (Phi) is 7.03. The van der Waals surface area contributed by atoms with Crippen LogP contribution in [0.4, 0.5) is 13.2 Å². The summed E-state index contributed by atoms with van der Waals surface area (Å²) < 4.78 is 34.8. The summed E-state index contributed by atoms with van der Waals surface area (Å²) in [5.41, 5.74) is -2.99. The molecule has 0 bridgehead atoms. The van der Waals surface area contributed by atoms with E-state index in [0.717, 1.165) is 0 Å². The van der Waals surface area contributed by atoms with Crippen molar-refractivity contribution < 1.29 is 13.2 Å². The molecule has 0 aromatic rings. The highest BCUT2D eigenvalue weighted by Gasteiger charge is 2.27. The van der Waals surface area contributed by atoms with E-state index in [2.05, 4.69) is 5.32 Å². The van der Waals surface area contributed by atoms with E-state index >= 15 is 0 Å². The summed E-state index contributed by atoms with van der Waals surface area (Å²) >= 11 is 10.6. The lowest BCUT2D eigenvalue weighted by Gasteiger charge is -2.05. The highest BCUT2D eigenvalue weighted by atomic mass is 35.5. The minimum absolute atomic E-state index is 0.0318. The van der Waals surface area contributed by atoms with E-state index in [1.807, 2.05) is 0 Å². The summed E-state index contributed by atoms with van der Waals surface area (Å²) in [7, 11) is 0. The molecule has 0 aliphatic rings. The quantitative estimate of drug-likeness (QED) is 0.756. The summed E-state index contributed by atoms with van der Waals surface area (Å²) in [6, 6.07) is 0. The molecule has 0 unspecified atom stereocenters. The lowest BCUT2D eigenvalue weighted by atomic mass is 10.6. The Morgan fingerprint density at radius 3 is 2.54 bits per heavy atom. The third-order valence-corrected chi connectivity index (χ3v) is 2.31. The Morgan fingerprint density at radius 2 is 2.08 bits per heavy atom. The van der Waals surface area contributed by atoms with Crippen molar-refractivity contribution in [2.24, 2.45) is 0 Å². The molecule has 0 amide bonds. The Labute approximate surface area is 88.7 Å². The number of nitrogens with one attached hydrogen (secondary N) is 1. The van der Waals surface area contributed by atoms with Crippen LogP contribution in [0.15, 0.2) is 10.6 Å². The molecule has 0 aromatic heterocycles.